The van der Waals surface area contributed by atoms with Crippen molar-refractivity contribution >= 4 is 5.97 Å². The number of hydrogen-bond donors (Lipinski definition) is 1. The molecule has 18 heavy (non-hydrogen) atoms. The first-order chi connectivity index (χ1) is 8.42. The van der Waals surface area contributed by atoms with Gasteiger partial charge in [-0.05, 0) is 19.3 Å². The lowest BCUT2D eigenvalue weighted by Gasteiger charge is -2.16. The van der Waals surface area contributed by atoms with Crippen LogP contribution in [0.1, 0.15) is 25.7 Å². The number of carbonyl (C=O) groups is 1. The number of halogens is 3. The number of nitrogens with one attached hydrogen (secondary N) is 1. The Balaban J connectivity index is 2.14. The maximum atomic E-state index is 11.8. The van der Waals surface area contributed by atoms with Crippen molar-refractivity contribution in [1.82, 2.24) is 5.32 Å². The maximum Gasteiger partial charge on any atom is 0.391 e. The molecule has 0 aliphatic heterocycles. The summed E-state index contributed by atoms with van der Waals surface area (Å²) in [5.41, 5.74) is 0. The summed E-state index contributed by atoms with van der Waals surface area (Å²) in [6, 6.07) is -0.169. The predicted molar refractivity (Wildman–Crippen MR) is 58.1 cm³/mol. The smallest absolute Gasteiger partial charge is 0.391 e. The van der Waals surface area contributed by atoms with E-state index in [0.717, 1.165) is 12.8 Å². The second-order valence-electron chi connectivity index (χ2n) is 4.28. The highest BCUT2D eigenvalue weighted by atomic mass is 19.4. The van der Waals surface area contributed by atoms with Crippen LogP contribution in [0.4, 0.5) is 13.2 Å². The number of ether oxygens (including phenoxy) is 2. The molecule has 0 bridgehead atoms. The van der Waals surface area contributed by atoms with Gasteiger partial charge in [0.1, 0.15) is 6.04 Å². The zero-order valence-electron chi connectivity index (χ0n) is 10.3. The number of rotatable bonds is 8. The molecule has 0 aromatic carbocycles. The van der Waals surface area contributed by atoms with Crippen molar-refractivity contribution in [3.63, 3.8) is 0 Å². The van der Waals surface area contributed by atoms with Gasteiger partial charge in [0.2, 0.25) is 0 Å². The summed E-state index contributed by atoms with van der Waals surface area (Å²) in [5.74, 6) is -0.402. The molecule has 0 spiro atoms. The highest BCUT2D eigenvalue weighted by molar-refractivity contribution is 5.75. The van der Waals surface area contributed by atoms with Gasteiger partial charge in [0.15, 0.2) is 0 Å². The zero-order valence-corrected chi connectivity index (χ0v) is 10.3. The lowest BCUT2D eigenvalue weighted by molar-refractivity contribution is -0.148. The topological polar surface area (TPSA) is 47.6 Å². The molecule has 1 aliphatic rings. The second kappa shape index (κ2) is 6.94. The fraction of sp³-hybridized carbons (Fsp3) is 0.909. The van der Waals surface area contributed by atoms with Crippen molar-refractivity contribution in [2.45, 2.75) is 43.9 Å². The number of methoxy groups -OCH3 is 1. The Morgan fingerprint density at radius 3 is 2.56 bits per heavy atom. The molecular weight excluding hydrogens is 251 g/mol. The number of carbonyl (C=O) groups excluding carboxylic acids is 1. The molecule has 7 heteroatoms. The molecule has 0 saturated heterocycles. The first-order valence-corrected chi connectivity index (χ1v) is 5.91. The number of esters is 1. The minimum atomic E-state index is -4.20. The van der Waals surface area contributed by atoms with E-state index in [0.29, 0.717) is 12.5 Å². The van der Waals surface area contributed by atoms with Crippen LogP contribution in [0, 0.1) is 0 Å². The van der Waals surface area contributed by atoms with Gasteiger partial charge in [0.05, 0.1) is 20.1 Å². The monoisotopic (exact) mass is 269 g/mol. The molecule has 1 fully saturated rings. The Morgan fingerprint density at radius 2 is 2.06 bits per heavy atom. The van der Waals surface area contributed by atoms with Gasteiger partial charge in [0, 0.05) is 12.6 Å². The Morgan fingerprint density at radius 1 is 1.39 bits per heavy atom. The van der Waals surface area contributed by atoms with Crippen molar-refractivity contribution in [2.24, 2.45) is 0 Å². The molecule has 1 atom stereocenters. The second-order valence-corrected chi connectivity index (χ2v) is 4.28. The van der Waals surface area contributed by atoms with Gasteiger partial charge in [0.25, 0.3) is 0 Å². The minimum absolute atomic E-state index is 0.107. The average molecular weight is 269 g/mol. The summed E-state index contributed by atoms with van der Waals surface area (Å²) in [4.78, 5) is 11.4. The van der Waals surface area contributed by atoms with Crippen LogP contribution < -0.4 is 5.32 Å². The van der Waals surface area contributed by atoms with E-state index in [9.17, 15) is 18.0 Å². The summed E-state index contributed by atoms with van der Waals surface area (Å²) in [7, 11) is 1.29. The summed E-state index contributed by atoms with van der Waals surface area (Å²) in [6.07, 6.45) is -2.81. The third kappa shape index (κ3) is 6.80. The summed E-state index contributed by atoms with van der Waals surface area (Å²) < 4.78 is 45.0. The van der Waals surface area contributed by atoms with E-state index in [1.54, 1.807) is 0 Å². The minimum Gasteiger partial charge on any atom is -0.468 e. The Hall–Kier alpha value is -0.820. The molecular formula is C11H18F3NO3. The van der Waals surface area contributed by atoms with Gasteiger partial charge in [-0.3, -0.25) is 4.79 Å². The Bertz CT molecular complexity index is 267. The van der Waals surface area contributed by atoms with Crippen LogP contribution in [0.15, 0.2) is 0 Å². The van der Waals surface area contributed by atoms with Gasteiger partial charge in [-0.15, -0.1) is 0 Å². The van der Waals surface area contributed by atoms with Crippen molar-refractivity contribution in [2.75, 3.05) is 20.3 Å². The molecule has 1 saturated carbocycles. The van der Waals surface area contributed by atoms with Gasteiger partial charge >= 0.3 is 12.1 Å². The third-order valence-electron chi connectivity index (χ3n) is 2.58. The highest BCUT2D eigenvalue weighted by Gasteiger charge is 2.29. The largest absolute Gasteiger partial charge is 0.468 e. The van der Waals surface area contributed by atoms with E-state index in [1.165, 1.54) is 7.11 Å². The lowest BCUT2D eigenvalue weighted by atomic mass is 10.2. The maximum absolute atomic E-state index is 11.8. The van der Waals surface area contributed by atoms with Gasteiger partial charge in [-0.1, -0.05) is 0 Å². The average Bonchev–Trinajstić information content (AvgIpc) is 3.08. The van der Waals surface area contributed by atoms with E-state index >= 15 is 0 Å². The highest BCUT2D eigenvalue weighted by Crippen LogP contribution is 2.21. The summed E-state index contributed by atoms with van der Waals surface area (Å²) >= 11 is 0. The van der Waals surface area contributed by atoms with Crippen LogP contribution in [-0.4, -0.2) is 44.6 Å². The lowest BCUT2D eigenvalue weighted by Crippen LogP contribution is -2.39. The fourth-order valence-corrected chi connectivity index (χ4v) is 1.44. The summed E-state index contributed by atoms with van der Waals surface area (Å²) in [5, 5.41) is 3.07. The quantitative estimate of drug-likeness (QED) is 0.537. The molecule has 1 unspecified atom stereocenters. The molecule has 1 rings (SSSR count). The van der Waals surface area contributed by atoms with E-state index in [4.69, 9.17) is 4.74 Å². The van der Waals surface area contributed by atoms with E-state index in [-0.39, 0.29) is 13.2 Å². The molecule has 0 aromatic heterocycles. The molecule has 0 aromatic rings. The Labute approximate surface area is 104 Å². The van der Waals surface area contributed by atoms with Crippen LogP contribution in [0.2, 0.25) is 0 Å². The number of alkyl halides is 3. The van der Waals surface area contributed by atoms with Crippen LogP contribution in [-0.2, 0) is 14.3 Å². The predicted octanol–water partition coefficient (Wildman–Crippen LogP) is 1.64. The van der Waals surface area contributed by atoms with Gasteiger partial charge in [-0.2, -0.15) is 13.2 Å². The van der Waals surface area contributed by atoms with E-state index in [1.807, 2.05) is 0 Å². The molecule has 0 radical (unpaired) electrons. The molecule has 106 valence electrons. The standard InChI is InChI=1S/C11H18F3NO3/c1-17-10(16)9(15-8-2-3-8)4-6-18-7-5-11(12,13)14/h8-9,15H,2-7H2,1H3. The molecule has 4 nitrogen and oxygen atoms in total. The van der Waals surface area contributed by atoms with Crippen LogP contribution >= 0.6 is 0 Å². The van der Waals surface area contributed by atoms with Crippen LogP contribution in [0.25, 0.3) is 0 Å². The van der Waals surface area contributed by atoms with Crippen molar-refractivity contribution < 1.29 is 27.4 Å². The molecule has 0 heterocycles. The van der Waals surface area contributed by atoms with Crippen LogP contribution in [0.5, 0.6) is 0 Å². The molecule has 1 aliphatic carbocycles. The van der Waals surface area contributed by atoms with E-state index < -0.39 is 24.6 Å². The van der Waals surface area contributed by atoms with Crippen molar-refractivity contribution in [3.8, 4) is 0 Å². The molecule has 0 amide bonds. The normalized spacial score (nSPS) is 17.6. The van der Waals surface area contributed by atoms with Crippen molar-refractivity contribution in [1.29, 1.82) is 0 Å². The van der Waals surface area contributed by atoms with Crippen molar-refractivity contribution in [3.05, 3.63) is 0 Å². The van der Waals surface area contributed by atoms with Gasteiger partial charge < -0.3 is 14.8 Å². The van der Waals surface area contributed by atoms with Gasteiger partial charge in [-0.25, -0.2) is 0 Å². The molecule has 1 N–H and O–H groups in total. The third-order valence-corrected chi connectivity index (χ3v) is 2.58. The Kier molecular flexibility index (Phi) is 5.87. The SMILES string of the molecule is COC(=O)C(CCOCCC(F)(F)F)NC1CC1. The zero-order chi connectivity index (χ0) is 13.6. The summed E-state index contributed by atoms with van der Waals surface area (Å²) in [6.45, 7) is -0.267. The first kappa shape index (κ1) is 15.2. The fourth-order valence-electron chi connectivity index (χ4n) is 1.44. The van der Waals surface area contributed by atoms with Crippen LogP contribution in [0.3, 0.4) is 0 Å². The number of hydrogen-bond acceptors (Lipinski definition) is 4. The van der Waals surface area contributed by atoms with E-state index in [2.05, 4.69) is 10.1 Å². The first-order valence-electron chi connectivity index (χ1n) is 5.91.